The number of fused-ring (bicyclic) bond motifs is 1. The Morgan fingerprint density at radius 2 is 1.79 bits per heavy atom. The van der Waals surface area contributed by atoms with Crippen LogP contribution in [0.15, 0.2) is 30.3 Å². The number of benzene rings is 2. The van der Waals surface area contributed by atoms with Gasteiger partial charge in [0.25, 0.3) is 5.91 Å². The Labute approximate surface area is 207 Å². The van der Waals surface area contributed by atoms with Gasteiger partial charge < -0.3 is 9.47 Å². The fourth-order valence-electron chi connectivity index (χ4n) is 4.82. The maximum atomic E-state index is 13.3. The monoisotopic (exact) mass is 510 g/mol. The zero-order valence-electron chi connectivity index (χ0n) is 19.4. The number of likely N-dealkylation sites (tertiary alicyclic amines) is 1. The molecular weight excluding hydrogens is 484 g/mol. The van der Waals surface area contributed by atoms with Crippen LogP contribution in [0.2, 0.25) is 10.0 Å². The average Bonchev–Trinajstić information content (AvgIpc) is 3.12. The topological polar surface area (TPSA) is 25.2 Å². The molecule has 3 aromatic rings. The van der Waals surface area contributed by atoms with Crippen LogP contribution in [0.3, 0.4) is 0 Å². The van der Waals surface area contributed by atoms with E-state index in [0.29, 0.717) is 57.7 Å². The molecule has 0 radical (unpaired) electrons. The van der Waals surface area contributed by atoms with Crippen LogP contribution < -0.4 is 0 Å². The van der Waals surface area contributed by atoms with Crippen molar-refractivity contribution in [1.29, 1.82) is 0 Å². The van der Waals surface area contributed by atoms with Gasteiger partial charge in [-0.1, -0.05) is 36.5 Å². The molecule has 8 heteroatoms. The molecule has 0 aliphatic carbocycles. The summed E-state index contributed by atoms with van der Waals surface area (Å²) >= 11 is 13.2. The van der Waals surface area contributed by atoms with Crippen molar-refractivity contribution in [1.82, 2.24) is 9.47 Å². The number of alkyl halides is 3. The molecule has 0 atom stereocenters. The lowest BCUT2D eigenvalue weighted by Crippen LogP contribution is -2.38. The average molecular weight is 511 g/mol. The highest BCUT2D eigenvalue weighted by atomic mass is 35.5. The summed E-state index contributed by atoms with van der Waals surface area (Å²) in [5.41, 5.74) is 2.11. The van der Waals surface area contributed by atoms with Crippen LogP contribution >= 0.6 is 23.2 Å². The van der Waals surface area contributed by atoms with Crippen molar-refractivity contribution < 1.29 is 18.0 Å². The number of rotatable bonds is 4. The van der Waals surface area contributed by atoms with Crippen molar-refractivity contribution in [3.05, 3.63) is 68.3 Å². The van der Waals surface area contributed by atoms with Crippen LogP contribution in [-0.4, -0.2) is 28.5 Å². The van der Waals surface area contributed by atoms with Crippen LogP contribution in [0.25, 0.3) is 10.9 Å². The Bertz CT molecular complexity index is 1240. The Balaban J connectivity index is 1.68. The SMILES string of the molecule is CCC1CCN(C(=O)c2ccc(Cl)c(Cc3cc4c(C)cc(C(F)(F)F)cc4n3C)c2Cl)CC1. The van der Waals surface area contributed by atoms with Crippen molar-refractivity contribution in [2.24, 2.45) is 13.0 Å². The molecule has 0 saturated carbocycles. The molecule has 1 aromatic heterocycles. The van der Waals surface area contributed by atoms with Gasteiger partial charge in [-0.05, 0) is 67.1 Å². The van der Waals surface area contributed by atoms with E-state index >= 15 is 0 Å². The van der Waals surface area contributed by atoms with Crippen molar-refractivity contribution in [2.45, 2.75) is 45.7 Å². The van der Waals surface area contributed by atoms with E-state index in [9.17, 15) is 18.0 Å². The van der Waals surface area contributed by atoms with E-state index in [0.717, 1.165) is 42.5 Å². The highest BCUT2D eigenvalue weighted by molar-refractivity contribution is 6.38. The van der Waals surface area contributed by atoms with Gasteiger partial charge in [0.2, 0.25) is 0 Å². The van der Waals surface area contributed by atoms with E-state index in [4.69, 9.17) is 23.2 Å². The molecule has 2 aromatic carbocycles. The molecule has 182 valence electrons. The molecule has 1 fully saturated rings. The quantitative estimate of drug-likeness (QED) is 0.353. The first-order valence-electron chi connectivity index (χ1n) is 11.4. The molecule has 0 bridgehead atoms. The van der Waals surface area contributed by atoms with Gasteiger partial charge in [0, 0.05) is 48.2 Å². The maximum Gasteiger partial charge on any atom is 0.416 e. The summed E-state index contributed by atoms with van der Waals surface area (Å²) in [6.45, 7) is 5.25. The summed E-state index contributed by atoms with van der Waals surface area (Å²) in [5, 5.41) is 1.46. The highest BCUT2D eigenvalue weighted by Gasteiger charge is 2.32. The number of carbonyl (C=O) groups is 1. The fourth-order valence-corrected chi connectivity index (χ4v) is 5.40. The summed E-state index contributed by atoms with van der Waals surface area (Å²) in [6, 6.07) is 7.51. The summed E-state index contributed by atoms with van der Waals surface area (Å²) in [4.78, 5) is 15.0. The summed E-state index contributed by atoms with van der Waals surface area (Å²) in [6.07, 6.45) is -1.05. The van der Waals surface area contributed by atoms with Crippen LogP contribution in [0.5, 0.6) is 0 Å². The minimum atomic E-state index is -4.42. The van der Waals surface area contributed by atoms with E-state index < -0.39 is 11.7 Å². The number of aromatic nitrogens is 1. The largest absolute Gasteiger partial charge is 0.416 e. The van der Waals surface area contributed by atoms with Gasteiger partial charge in [0.05, 0.1) is 16.1 Å². The standard InChI is InChI=1S/C26H27Cl2F3N2O/c1-4-16-7-9-33(10-8-16)25(34)19-5-6-22(27)21(24(19)28)14-18-13-20-15(2)11-17(26(29,30)31)12-23(20)32(18)3/h5-6,11-13,16H,4,7-10,14H2,1-3H3. The summed E-state index contributed by atoms with van der Waals surface area (Å²) < 4.78 is 41.7. The van der Waals surface area contributed by atoms with Gasteiger partial charge in [0.15, 0.2) is 0 Å². The predicted octanol–water partition coefficient (Wildman–Crippen LogP) is 7.67. The first-order chi connectivity index (χ1) is 16.0. The number of carbonyl (C=O) groups excluding carboxylic acids is 1. The van der Waals surface area contributed by atoms with Gasteiger partial charge in [0.1, 0.15) is 0 Å². The lowest BCUT2D eigenvalue weighted by Gasteiger charge is -2.32. The van der Waals surface area contributed by atoms with Crippen LogP contribution in [0.1, 0.15) is 58.9 Å². The third kappa shape index (κ3) is 4.67. The number of halogens is 5. The zero-order valence-corrected chi connectivity index (χ0v) is 20.9. The molecule has 1 saturated heterocycles. The van der Waals surface area contributed by atoms with Crippen molar-refractivity contribution in [3.8, 4) is 0 Å². The summed E-state index contributed by atoms with van der Waals surface area (Å²) in [7, 11) is 1.73. The van der Waals surface area contributed by atoms with Gasteiger partial charge >= 0.3 is 6.18 Å². The number of piperidine rings is 1. The number of nitrogens with zero attached hydrogens (tertiary/aromatic N) is 2. The Morgan fingerprint density at radius 1 is 1.12 bits per heavy atom. The molecule has 0 N–H and O–H groups in total. The Kier molecular flexibility index (Phi) is 6.94. The van der Waals surface area contributed by atoms with Gasteiger partial charge in [-0.15, -0.1) is 0 Å². The van der Waals surface area contributed by atoms with E-state index in [2.05, 4.69) is 6.92 Å². The molecular formula is C26H27Cl2F3N2O. The lowest BCUT2D eigenvalue weighted by molar-refractivity contribution is -0.137. The van der Waals surface area contributed by atoms with Crippen molar-refractivity contribution >= 4 is 40.0 Å². The molecule has 3 nitrogen and oxygen atoms in total. The normalized spacial score (nSPS) is 15.4. The third-order valence-corrected chi connectivity index (χ3v) is 7.83. The van der Waals surface area contributed by atoms with Gasteiger partial charge in [-0.25, -0.2) is 0 Å². The van der Waals surface area contributed by atoms with Crippen LogP contribution in [0, 0.1) is 12.8 Å². The molecule has 4 rings (SSSR count). The van der Waals surface area contributed by atoms with E-state index in [1.807, 2.05) is 11.0 Å². The van der Waals surface area contributed by atoms with E-state index in [1.54, 1.807) is 30.7 Å². The fraction of sp³-hybridized carbons (Fsp3) is 0.423. The van der Waals surface area contributed by atoms with Crippen molar-refractivity contribution in [3.63, 3.8) is 0 Å². The molecule has 1 aliphatic heterocycles. The zero-order chi connectivity index (χ0) is 24.8. The third-order valence-electron chi connectivity index (χ3n) is 7.05. The first kappa shape index (κ1) is 24.9. The molecule has 0 unspecified atom stereocenters. The molecule has 2 heterocycles. The smallest absolute Gasteiger partial charge is 0.347 e. The Hall–Kier alpha value is -2.18. The molecule has 1 amide bonds. The number of hydrogen-bond acceptors (Lipinski definition) is 1. The second-order valence-electron chi connectivity index (χ2n) is 9.13. The van der Waals surface area contributed by atoms with E-state index in [1.165, 1.54) is 0 Å². The van der Waals surface area contributed by atoms with E-state index in [-0.39, 0.29) is 5.91 Å². The minimum Gasteiger partial charge on any atom is -0.347 e. The first-order valence-corrected chi connectivity index (χ1v) is 12.2. The molecule has 34 heavy (non-hydrogen) atoms. The molecule has 1 aliphatic rings. The maximum absolute atomic E-state index is 13.3. The number of hydrogen-bond donors (Lipinski definition) is 0. The van der Waals surface area contributed by atoms with Crippen LogP contribution in [-0.2, 0) is 19.6 Å². The Morgan fingerprint density at radius 3 is 2.41 bits per heavy atom. The highest BCUT2D eigenvalue weighted by Crippen LogP contribution is 2.36. The van der Waals surface area contributed by atoms with Crippen LogP contribution in [0.4, 0.5) is 13.2 Å². The summed E-state index contributed by atoms with van der Waals surface area (Å²) in [5.74, 6) is 0.535. The van der Waals surface area contributed by atoms with Gasteiger partial charge in [-0.2, -0.15) is 13.2 Å². The van der Waals surface area contributed by atoms with Gasteiger partial charge in [-0.3, -0.25) is 4.79 Å². The van der Waals surface area contributed by atoms with Crippen molar-refractivity contribution in [2.75, 3.05) is 13.1 Å². The second-order valence-corrected chi connectivity index (χ2v) is 9.91. The minimum absolute atomic E-state index is 0.111. The lowest BCUT2D eigenvalue weighted by atomic mass is 9.94. The molecule has 0 spiro atoms. The second kappa shape index (κ2) is 9.46. The number of amides is 1. The number of aryl methyl sites for hydroxylation is 2. The predicted molar refractivity (Wildman–Crippen MR) is 131 cm³/mol.